The monoisotopic (exact) mass is 473 g/mol. The molecule has 0 saturated heterocycles. The quantitative estimate of drug-likeness (QED) is 0.430. The molecule has 1 unspecified atom stereocenters. The van der Waals surface area contributed by atoms with E-state index in [4.69, 9.17) is 15.5 Å². The second-order valence-electron chi connectivity index (χ2n) is 10.2. The number of carbonyl (C=O) groups is 1. The predicted molar refractivity (Wildman–Crippen MR) is 138 cm³/mol. The highest BCUT2D eigenvalue weighted by atomic mass is 16.5. The van der Waals surface area contributed by atoms with Gasteiger partial charge in [0.2, 0.25) is 5.91 Å². The van der Waals surface area contributed by atoms with E-state index in [9.17, 15) is 4.79 Å². The third-order valence-electron chi connectivity index (χ3n) is 7.77. The third-order valence-corrected chi connectivity index (χ3v) is 7.77. The molecule has 184 valence electrons. The zero-order valence-corrected chi connectivity index (χ0v) is 20.5. The number of hydrogen-bond acceptors (Lipinski definition) is 4. The maximum Gasteiger partial charge on any atom is 0.390 e. The molecule has 0 spiro atoms. The summed E-state index contributed by atoms with van der Waals surface area (Å²) < 4.78 is 8.16. The molecule has 3 aromatic rings. The topological polar surface area (TPSA) is 81.1 Å². The molecular formula is C29H37N4O2+. The zero-order chi connectivity index (χ0) is 24.0. The van der Waals surface area contributed by atoms with Crippen molar-refractivity contribution in [3.8, 4) is 11.5 Å². The van der Waals surface area contributed by atoms with Gasteiger partial charge in [0.25, 0.3) is 0 Å². The number of fused-ring (bicyclic) bond motifs is 1. The van der Waals surface area contributed by atoms with E-state index in [-0.39, 0.29) is 17.9 Å². The summed E-state index contributed by atoms with van der Waals surface area (Å²) in [7, 11) is 0. The second-order valence-corrected chi connectivity index (χ2v) is 10.2. The summed E-state index contributed by atoms with van der Waals surface area (Å²) >= 11 is 0. The minimum absolute atomic E-state index is 0.0958. The summed E-state index contributed by atoms with van der Waals surface area (Å²) in [6, 6.07) is 15.8. The Bertz CT molecular complexity index is 1140. The fourth-order valence-corrected chi connectivity index (χ4v) is 5.81. The summed E-state index contributed by atoms with van der Waals surface area (Å²) in [5, 5.41) is 4.28. The number of para-hydroxylation sites is 1. The smallest absolute Gasteiger partial charge is 0.390 e. The van der Waals surface area contributed by atoms with E-state index < -0.39 is 0 Å². The molecule has 1 amide bonds. The van der Waals surface area contributed by atoms with Gasteiger partial charge in [-0.15, -0.1) is 0 Å². The Morgan fingerprint density at radius 2 is 1.69 bits per heavy atom. The molecule has 35 heavy (non-hydrogen) atoms. The molecular weight excluding hydrogens is 436 g/mol. The van der Waals surface area contributed by atoms with Crippen molar-refractivity contribution in [1.29, 1.82) is 0 Å². The van der Waals surface area contributed by atoms with Crippen LogP contribution >= 0.6 is 0 Å². The lowest BCUT2D eigenvalue weighted by molar-refractivity contribution is -0.716. The number of carbonyl (C=O) groups excluding carboxylic acids is 1. The Kier molecular flexibility index (Phi) is 7.45. The van der Waals surface area contributed by atoms with Crippen molar-refractivity contribution in [2.24, 2.45) is 11.8 Å². The van der Waals surface area contributed by atoms with Crippen LogP contribution in [-0.4, -0.2) is 17.4 Å². The number of nitrogens with zero attached hydrogens (tertiary/aromatic N) is 2. The van der Waals surface area contributed by atoms with Gasteiger partial charge in [-0.05, 0) is 61.9 Å². The lowest BCUT2D eigenvalue weighted by Gasteiger charge is -2.30. The molecule has 1 aromatic heterocycles. The van der Waals surface area contributed by atoms with Crippen molar-refractivity contribution in [1.82, 2.24) is 10.3 Å². The molecule has 2 aromatic carbocycles. The fourth-order valence-electron chi connectivity index (χ4n) is 5.81. The van der Waals surface area contributed by atoms with E-state index in [1.54, 1.807) is 0 Å². The number of aromatic nitrogens is 2. The van der Waals surface area contributed by atoms with Crippen molar-refractivity contribution >= 4 is 22.8 Å². The summed E-state index contributed by atoms with van der Waals surface area (Å²) in [5.74, 6) is 2.90. The minimum Gasteiger partial charge on any atom is -0.457 e. The number of nitrogen functional groups attached to an aromatic ring is 1. The van der Waals surface area contributed by atoms with Gasteiger partial charge in [-0.1, -0.05) is 61.7 Å². The van der Waals surface area contributed by atoms with Crippen molar-refractivity contribution in [3.05, 3.63) is 54.7 Å². The first kappa shape index (κ1) is 23.6. The molecule has 6 heteroatoms. The number of benzene rings is 2. The first-order chi connectivity index (χ1) is 17.2. The highest BCUT2D eigenvalue weighted by Gasteiger charge is 2.31. The Hall–Kier alpha value is -3.15. The van der Waals surface area contributed by atoms with Crippen molar-refractivity contribution in [3.63, 3.8) is 0 Å². The van der Waals surface area contributed by atoms with Crippen molar-refractivity contribution in [2.45, 2.75) is 70.3 Å². The SMILES string of the molecule is Nc1nc2ccc(Oc3ccccc3)cc2c[n+]1C(CNC(=O)C1CCCCC1)C1CCCCC1. The molecule has 2 aliphatic rings. The number of amides is 1. The molecule has 0 aliphatic heterocycles. The Morgan fingerprint density at radius 1 is 0.971 bits per heavy atom. The van der Waals surface area contributed by atoms with Crippen LogP contribution in [0.5, 0.6) is 11.5 Å². The fraction of sp³-hybridized carbons (Fsp3) is 0.483. The average Bonchev–Trinajstić information content (AvgIpc) is 2.91. The van der Waals surface area contributed by atoms with Crippen LogP contribution < -0.4 is 20.4 Å². The number of nitrogens with one attached hydrogen (secondary N) is 1. The molecule has 2 fully saturated rings. The van der Waals surface area contributed by atoms with Gasteiger partial charge in [-0.3, -0.25) is 10.5 Å². The van der Waals surface area contributed by atoms with Crippen LogP contribution in [0.1, 0.15) is 70.3 Å². The Balaban J connectivity index is 1.41. The van der Waals surface area contributed by atoms with E-state index in [0.29, 0.717) is 18.4 Å². The van der Waals surface area contributed by atoms with Crippen LogP contribution in [-0.2, 0) is 4.79 Å². The van der Waals surface area contributed by atoms with Gasteiger partial charge in [-0.25, -0.2) is 4.57 Å². The van der Waals surface area contributed by atoms with E-state index >= 15 is 0 Å². The first-order valence-electron chi connectivity index (χ1n) is 13.3. The van der Waals surface area contributed by atoms with Crippen LogP contribution in [0.15, 0.2) is 54.7 Å². The lowest BCUT2D eigenvalue weighted by atomic mass is 9.83. The average molecular weight is 474 g/mol. The highest BCUT2D eigenvalue weighted by Crippen LogP contribution is 2.32. The van der Waals surface area contributed by atoms with Gasteiger partial charge in [0.1, 0.15) is 17.5 Å². The Morgan fingerprint density at radius 3 is 2.43 bits per heavy atom. The standard InChI is InChI=1S/C29H36N4O2/c30-29-32-26-17-16-25(35-24-14-8-3-9-15-24)18-23(26)20-33(29)27(21-10-4-1-5-11-21)19-31-28(34)22-12-6-2-7-13-22/h3,8-9,14-18,20-22,27,30H,1-2,4-7,10-13,19H2,(H,31,34)/p+1. The van der Waals surface area contributed by atoms with Crippen LogP contribution in [0.3, 0.4) is 0 Å². The van der Waals surface area contributed by atoms with Gasteiger partial charge in [-0.2, -0.15) is 0 Å². The molecule has 5 rings (SSSR count). The third kappa shape index (κ3) is 5.75. The minimum atomic E-state index is 0.0958. The molecule has 2 aliphatic carbocycles. The molecule has 0 radical (unpaired) electrons. The molecule has 1 heterocycles. The number of ether oxygens (including phenoxy) is 1. The summed E-state index contributed by atoms with van der Waals surface area (Å²) in [5.41, 5.74) is 7.35. The van der Waals surface area contributed by atoms with Gasteiger partial charge in [0, 0.05) is 5.92 Å². The second kappa shape index (κ2) is 11.1. The predicted octanol–water partition coefficient (Wildman–Crippen LogP) is 5.71. The molecule has 2 saturated carbocycles. The van der Waals surface area contributed by atoms with Gasteiger partial charge < -0.3 is 10.1 Å². The van der Waals surface area contributed by atoms with Crippen LogP contribution in [0.4, 0.5) is 5.95 Å². The maximum absolute atomic E-state index is 12.9. The largest absolute Gasteiger partial charge is 0.457 e. The normalized spacial score (nSPS) is 18.3. The summed E-state index contributed by atoms with van der Waals surface area (Å²) in [6.07, 6.45) is 13.8. The highest BCUT2D eigenvalue weighted by molar-refractivity contribution is 5.79. The zero-order valence-electron chi connectivity index (χ0n) is 20.5. The molecule has 0 bridgehead atoms. The summed E-state index contributed by atoms with van der Waals surface area (Å²) in [4.78, 5) is 17.7. The van der Waals surface area contributed by atoms with Gasteiger partial charge >= 0.3 is 5.95 Å². The van der Waals surface area contributed by atoms with E-state index in [0.717, 1.165) is 60.9 Å². The van der Waals surface area contributed by atoms with Crippen molar-refractivity contribution in [2.75, 3.05) is 12.3 Å². The van der Waals surface area contributed by atoms with Crippen LogP contribution in [0, 0.1) is 11.8 Å². The lowest BCUT2D eigenvalue weighted by Crippen LogP contribution is -2.52. The van der Waals surface area contributed by atoms with Crippen LogP contribution in [0.25, 0.3) is 10.9 Å². The van der Waals surface area contributed by atoms with E-state index in [1.165, 1.54) is 25.7 Å². The number of anilines is 1. The maximum atomic E-state index is 12.9. The number of rotatable bonds is 7. The van der Waals surface area contributed by atoms with Crippen LogP contribution in [0.2, 0.25) is 0 Å². The van der Waals surface area contributed by atoms with Crippen molar-refractivity contribution < 1.29 is 14.1 Å². The van der Waals surface area contributed by atoms with E-state index in [2.05, 4.69) is 16.1 Å². The first-order valence-corrected chi connectivity index (χ1v) is 13.3. The number of nitrogens with two attached hydrogens (primary N) is 1. The van der Waals surface area contributed by atoms with Gasteiger partial charge in [0.05, 0.1) is 18.1 Å². The van der Waals surface area contributed by atoms with Gasteiger partial charge in [0.15, 0.2) is 5.52 Å². The molecule has 3 N–H and O–H groups in total. The van der Waals surface area contributed by atoms with E-state index in [1.807, 2.05) is 48.5 Å². The molecule has 1 atom stereocenters. The Labute approximate surface area is 207 Å². The summed E-state index contributed by atoms with van der Waals surface area (Å²) in [6.45, 7) is 0.599. The molecule has 6 nitrogen and oxygen atoms in total. The number of hydrogen-bond donors (Lipinski definition) is 2.